The number of nitrogens with one attached hydrogen (secondary N) is 1. The van der Waals surface area contributed by atoms with Gasteiger partial charge in [0.1, 0.15) is 0 Å². The minimum absolute atomic E-state index is 0.284. The van der Waals surface area contributed by atoms with Crippen molar-refractivity contribution < 1.29 is 0 Å². The molecule has 0 aliphatic rings. The average Bonchev–Trinajstić information content (AvgIpc) is 2.34. The molecule has 1 aromatic rings. The standard InChI is InChI=1S/C14H23N3/c1-2-17(12-10-14(15)16)11-6-9-13-7-4-3-5-8-13/h3-5,7-8H,2,6,9-12H2,1H3,(H3,15,16). The van der Waals surface area contributed by atoms with E-state index in [1.54, 1.807) is 0 Å². The van der Waals surface area contributed by atoms with Gasteiger partial charge in [-0.1, -0.05) is 37.3 Å². The Hall–Kier alpha value is -1.35. The Bertz CT molecular complexity index is 321. The van der Waals surface area contributed by atoms with Crippen LogP contribution in [0, 0.1) is 5.41 Å². The Morgan fingerprint density at radius 3 is 2.53 bits per heavy atom. The number of amidine groups is 1. The molecule has 0 spiro atoms. The van der Waals surface area contributed by atoms with Gasteiger partial charge in [-0.3, -0.25) is 5.41 Å². The topological polar surface area (TPSA) is 53.1 Å². The fourth-order valence-electron chi connectivity index (χ4n) is 1.86. The molecule has 94 valence electrons. The van der Waals surface area contributed by atoms with Crippen molar-refractivity contribution in [1.29, 1.82) is 5.41 Å². The van der Waals surface area contributed by atoms with Crippen molar-refractivity contribution in [2.24, 2.45) is 5.73 Å². The first-order valence-electron chi connectivity index (χ1n) is 6.31. The molecule has 0 unspecified atom stereocenters. The van der Waals surface area contributed by atoms with Crippen molar-refractivity contribution in [1.82, 2.24) is 4.90 Å². The average molecular weight is 233 g/mol. The van der Waals surface area contributed by atoms with Crippen molar-refractivity contribution in [3.05, 3.63) is 35.9 Å². The van der Waals surface area contributed by atoms with Gasteiger partial charge in [0.05, 0.1) is 5.84 Å². The molecule has 17 heavy (non-hydrogen) atoms. The molecule has 3 nitrogen and oxygen atoms in total. The minimum Gasteiger partial charge on any atom is -0.388 e. The van der Waals surface area contributed by atoms with E-state index in [0.29, 0.717) is 6.42 Å². The van der Waals surface area contributed by atoms with Gasteiger partial charge in [-0.25, -0.2) is 0 Å². The summed E-state index contributed by atoms with van der Waals surface area (Å²) < 4.78 is 0. The first-order valence-corrected chi connectivity index (χ1v) is 6.31. The number of aryl methyl sites for hydroxylation is 1. The first kappa shape index (κ1) is 13.7. The number of rotatable bonds is 8. The molecule has 0 heterocycles. The monoisotopic (exact) mass is 233 g/mol. The van der Waals surface area contributed by atoms with Crippen LogP contribution in [-0.4, -0.2) is 30.4 Å². The predicted octanol–water partition coefficient (Wildman–Crippen LogP) is 2.27. The molecule has 3 N–H and O–H groups in total. The van der Waals surface area contributed by atoms with E-state index in [2.05, 4.69) is 42.2 Å². The molecule has 1 aromatic carbocycles. The normalized spacial score (nSPS) is 10.7. The molecular weight excluding hydrogens is 210 g/mol. The maximum absolute atomic E-state index is 7.23. The van der Waals surface area contributed by atoms with Crippen LogP contribution >= 0.6 is 0 Å². The van der Waals surface area contributed by atoms with Crippen LogP contribution in [0.1, 0.15) is 25.3 Å². The summed E-state index contributed by atoms with van der Waals surface area (Å²) in [6.07, 6.45) is 2.96. The zero-order valence-corrected chi connectivity index (χ0v) is 10.7. The summed E-state index contributed by atoms with van der Waals surface area (Å²) in [7, 11) is 0. The van der Waals surface area contributed by atoms with E-state index in [4.69, 9.17) is 11.1 Å². The Labute approximate surface area is 104 Å². The second-order valence-electron chi connectivity index (χ2n) is 4.30. The highest BCUT2D eigenvalue weighted by atomic mass is 15.1. The van der Waals surface area contributed by atoms with E-state index in [1.807, 2.05) is 0 Å². The minimum atomic E-state index is 0.284. The van der Waals surface area contributed by atoms with E-state index < -0.39 is 0 Å². The van der Waals surface area contributed by atoms with Crippen molar-refractivity contribution in [3.8, 4) is 0 Å². The van der Waals surface area contributed by atoms with Crippen LogP contribution < -0.4 is 5.73 Å². The molecule has 0 fully saturated rings. The highest BCUT2D eigenvalue weighted by Gasteiger charge is 2.02. The Morgan fingerprint density at radius 1 is 1.24 bits per heavy atom. The fraction of sp³-hybridized carbons (Fsp3) is 0.500. The molecule has 0 aromatic heterocycles. The highest BCUT2D eigenvalue weighted by molar-refractivity contribution is 5.76. The number of hydrogen-bond acceptors (Lipinski definition) is 2. The van der Waals surface area contributed by atoms with Gasteiger partial charge in [0.2, 0.25) is 0 Å². The van der Waals surface area contributed by atoms with Crippen molar-refractivity contribution in [3.63, 3.8) is 0 Å². The summed E-state index contributed by atoms with van der Waals surface area (Å²) in [4.78, 5) is 2.35. The van der Waals surface area contributed by atoms with Crippen LogP contribution in [0.2, 0.25) is 0 Å². The number of nitrogens with zero attached hydrogens (tertiary/aromatic N) is 1. The zero-order chi connectivity index (χ0) is 12.5. The summed E-state index contributed by atoms with van der Waals surface area (Å²) in [6.45, 7) is 5.17. The molecule has 3 heteroatoms. The Morgan fingerprint density at radius 2 is 1.94 bits per heavy atom. The van der Waals surface area contributed by atoms with E-state index in [1.165, 1.54) is 5.56 Å². The lowest BCUT2D eigenvalue weighted by atomic mass is 10.1. The van der Waals surface area contributed by atoms with Crippen molar-refractivity contribution in [2.45, 2.75) is 26.2 Å². The van der Waals surface area contributed by atoms with E-state index in [-0.39, 0.29) is 5.84 Å². The van der Waals surface area contributed by atoms with Crippen molar-refractivity contribution >= 4 is 5.84 Å². The van der Waals surface area contributed by atoms with Gasteiger partial charge in [0.25, 0.3) is 0 Å². The second kappa shape index (κ2) is 7.85. The molecule has 0 radical (unpaired) electrons. The van der Waals surface area contributed by atoms with Crippen LogP contribution in [0.4, 0.5) is 0 Å². The molecule has 1 rings (SSSR count). The summed E-state index contributed by atoms with van der Waals surface area (Å²) >= 11 is 0. The van der Waals surface area contributed by atoms with Gasteiger partial charge in [-0.2, -0.15) is 0 Å². The largest absolute Gasteiger partial charge is 0.388 e. The third-order valence-electron chi connectivity index (χ3n) is 2.93. The fourth-order valence-corrected chi connectivity index (χ4v) is 1.86. The van der Waals surface area contributed by atoms with Gasteiger partial charge in [0, 0.05) is 13.0 Å². The molecule has 0 amide bonds. The van der Waals surface area contributed by atoms with Crippen LogP contribution in [0.5, 0.6) is 0 Å². The molecular formula is C14H23N3. The molecule has 0 bridgehead atoms. The van der Waals surface area contributed by atoms with Gasteiger partial charge in [-0.05, 0) is 31.5 Å². The molecule has 0 saturated carbocycles. The Balaban J connectivity index is 2.21. The third-order valence-corrected chi connectivity index (χ3v) is 2.93. The van der Waals surface area contributed by atoms with Gasteiger partial charge >= 0.3 is 0 Å². The number of nitrogens with two attached hydrogens (primary N) is 1. The number of benzene rings is 1. The second-order valence-corrected chi connectivity index (χ2v) is 4.30. The van der Waals surface area contributed by atoms with Crippen LogP contribution in [0.25, 0.3) is 0 Å². The maximum Gasteiger partial charge on any atom is 0.0918 e. The summed E-state index contributed by atoms with van der Waals surface area (Å²) in [5.41, 5.74) is 6.77. The lowest BCUT2D eigenvalue weighted by Crippen LogP contribution is -2.29. The molecule has 0 atom stereocenters. The Kier molecular flexibility index (Phi) is 6.33. The maximum atomic E-state index is 7.23. The lowest BCUT2D eigenvalue weighted by Gasteiger charge is -2.19. The van der Waals surface area contributed by atoms with Gasteiger partial charge in [-0.15, -0.1) is 0 Å². The molecule has 0 aliphatic heterocycles. The predicted molar refractivity (Wildman–Crippen MR) is 73.4 cm³/mol. The third kappa shape index (κ3) is 6.07. The van der Waals surface area contributed by atoms with Gasteiger partial charge < -0.3 is 10.6 Å². The van der Waals surface area contributed by atoms with Crippen LogP contribution in [-0.2, 0) is 6.42 Å². The SMILES string of the molecule is CCN(CCCc1ccccc1)CCC(=N)N. The zero-order valence-electron chi connectivity index (χ0n) is 10.7. The van der Waals surface area contributed by atoms with E-state index in [0.717, 1.165) is 32.5 Å². The van der Waals surface area contributed by atoms with Gasteiger partial charge in [0.15, 0.2) is 0 Å². The van der Waals surface area contributed by atoms with Crippen molar-refractivity contribution in [2.75, 3.05) is 19.6 Å². The van der Waals surface area contributed by atoms with Crippen LogP contribution in [0.3, 0.4) is 0 Å². The first-order chi connectivity index (χ1) is 8.22. The summed E-state index contributed by atoms with van der Waals surface area (Å²) in [5.74, 6) is 0.284. The number of hydrogen-bond donors (Lipinski definition) is 2. The van der Waals surface area contributed by atoms with E-state index >= 15 is 0 Å². The lowest BCUT2D eigenvalue weighted by molar-refractivity contribution is 0.292. The van der Waals surface area contributed by atoms with E-state index in [9.17, 15) is 0 Å². The summed E-state index contributed by atoms with van der Waals surface area (Å²) in [5, 5.41) is 7.23. The molecule has 0 saturated heterocycles. The molecule has 0 aliphatic carbocycles. The quantitative estimate of drug-likeness (QED) is 0.534. The van der Waals surface area contributed by atoms with Crippen LogP contribution in [0.15, 0.2) is 30.3 Å². The smallest absolute Gasteiger partial charge is 0.0918 e. The highest BCUT2D eigenvalue weighted by Crippen LogP contribution is 2.03. The summed E-state index contributed by atoms with van der Waals surface area (Å²) in [6, 6.07) is 10.6.